The highest BCUT2D eigenvalue weighted by atomic mass is 16.1. The number of nitrogens with one attached hydrogen (secondary N) is 2. The van der Waals surface area contributed by atoms with E-state index in [4.69, 9.17) is 0 Å². The van der Waals surface area contributed by atoms with Gasteiger partial charge in [0.1, 0.15) is 0 Å². The van der Waals surface area contributed by atoms with E-state index >= 15 is 0 Å². The van der Waals surface area contributed by atoms with Crippen molar-refractivity contribution in [2.24, 2.45) is 0 Å². The molecule has 3 nitrogen and oxygen atoms in total. The van der Waals surface area contributed by atoms with Crippen molar-refractivity contribution in [3.8, 4) is 0 Å². The van der Waals surface area contributed by atoms with Crippen LogP contribution in [0.5, 0.6) is 0 Å². The van der Waals surface area contributed by atoms with E-state index in [1.165, 1.54) is 12.0 Å². The Morgan fingerprint density at radius 1 is 1.29 bits per heavy atom. The number of hydrogen-bond donors (Lipinski definition) is 2. The molecule has 0 heterocycles. The zero-order chi connectivity index (χ0) is 12.1. The summed E-state index contributed by atoms with van der Waals surface area (Å²) in [6.45, 7) is 0.733. The Morgan fingerprint density at radius 3 is 2.53 bits per heavy atom. The van der Waals surface area contributed by atoms with Gasteiger partial charge in [-0.2, -0.15) is 0 Å². The smallest absolute Gasteiger partial charge is 0.221 e. The Kier molecular flexibility index (Phi) is 3.79. The van der Waals surface area contributed by atoms with Crippen LogP contribution in [0.15, 0.2) is 30.3 Å². The number of hydrogen-bond acceptors (Lipinski definition) is 2. The van der Waals surface area contributed by atoms with Crippen LogP contribution in [0.4, 0.5) is 0 Å². The van der Waals surface area contributed by atoms with Gasteiger partial charge in [0.25, 0.3) is 0 Å². The molecule has 0 aromatic heterocycles. The molecule has 1 aliphatic rings. The van der Waals surface area contributed by atoms with Crippen LogP contribution in [0.25, 0.3) is 0 Å². The average Bonchev–Trinajstić information content (AvgIpc) is 2.32. The van der Waals surface area contributed by atoms with E-state index < -0.39 is 0 Å². The molecule has 1 aromatic carbocycles. The molecule has 1 aromatic rings. The van der Waals surface area contributed by atoms with Crippen LogP contribution in [-0.4, -0.2) is 19.5 Å². The maximum Gasteiger partial charge on any atom is 0.221 e. The number of carbonyl (C=O) groups excluding carboxylic acids is 1. The van der Waals surface area contributed by atoms with Gasteiger partial charge in [-0.15, -0.1) is 0 Å². The van der Waals surface area contributed by atoms with E-state index in [9.17, 15) is 4.79 Å². The van der Waals surface area contributed by atoms with Crippen molar-refractivity contribution in [3.05, 3.63) is 35.9 Å². The van der Waals surface area contributed by atoms with Gasteiger partial charge in [-0.05, 0) is 31.9 Å². The molecular formula is C14H20N2O. The average molecular weight is 232 g/mol. The first kappa shape index (κ1) is 12.1. The minimum atomic E-state index is -0.0912. The van der Waals surface area contributed by atoms with E-state index in [-0.39, 0.29) is 11.4 Å². The zero-order valence-electron chi connectivity index (χ0n) is 10.3. The summed E-state index contributed by atoms with van der Waals surface area (Å²) in [7, 11) is 1.86. The molecule has 0 bridgehead atoms. The lowest BCUT2D eigenvalue weighted by molar-refractivity contribution is -0.124. The third-order valence-electron chi connectivity index (χ3n) is 3.51. The molecule has 3 heteroatoms. The zero-order valence-corrected chi connectivity index (χ0v) is 10.3. The monoisotopic (exact) mass is 232 g/mol. The van der Waals surface area contributed by atoms with Gasteiger partial charge in [0.15, 0.2) is 0 Å². The fraction of sp³-hybridized carbons (Fsp3) is 0.500. The van der Waals surface area contributed by atoms with Crippen LogP contribution in [0, 0.1) is 0 Å². The molecule has 0 saturated heterocycles. The lowest BCUT2D eigenvalue weighted by Crippen LogP contribution is -2.51. The second kappa shape index (κ2) is 5.32. The Labute approximate surface area is 103 Å². The number of rotatable bonds is 5. The Hall–Kier alpha value is -1.35. The van der Waals surface area contributed by atoms with Gasteiger partial charge in [0, 0.05) is 13.0 Å². The van der Waals surface area contributed by atoms with Crippen molar-refractivity contribution >= 4 is 5.91 Å². The standard InChI is InChI=1S/C14H20N2O/c1-15-11-8-13(17)16-14(9-5-10-14)12-6-3-2-4-7-12/h2-4,6-7,15H,5,8-11H2,1H3,(H,16,17). The fourth-order valence-corrected chi connectivity index (χ4v) is 2.34. The van der Waals surface area contributed by atoms with Crippen molar-refractivity contribution in [3.63, 3.8) is 0 Å². The van der Waals surface area contributed by atoms with E-state index in [2.05, 4.69) is 22.8 Å². The summed E-state index contributed by atoms with van der Waals surface area (Å²) in [4.78, 5) is 11.8. The van der Waals surface area contributed by atoms with E-state index in [1.54, 1.807) is 0 Å². The van der Waals surface area contributed by atoms with E-state index in [0.717, 1.165) is 19.4 Å². The molecule has 0 unspecified atom stereocenters. The number of carbonyl (C=O) groups is 1. The molecule has 1 amide bonds. The quantitative estimate of drug-likeness (QED) is 0.812. The first-order chi connectivity index (χ1) is 8.27. The van der Waals surface area contributed by atoms with Crippen LogP contribution < -0.4 is 10.6 Å². The highest BCUT2D eigenvalue weighted by Gasteiger charge is 2.39. The first-order valence-electron chi connectivity index (χ1n) is 6.28. The molecule has 0 atom stereocenters. The summed E-state index contributed by atoms with van der Waals surface area (Å²) >= 11 is 0. The predicted octanol–water partition coefficient (Wildman–Crippen LogP) is 1.79. The van der Waals surface area contributed by atoms with Gasteiger partial charge in [0.05, 0.1) is 5.54 Å². The number of amides is 1. The van der Waals surface area contributed by atoms with Crippen LogP contribution in [-0.2, 0) is 10.3 Å². The van der Waals surface area contributed by atoms with Crippen molar-refractivity contribution in [2.45, 2.75) is 31.2 Å². The molecule has 0 spiro atoms. The van der Waals surface area contributed by atoms with Gasteiger partial charge in [-0.1, -0.05) is 30.3 Å². The molecule has 2 N–H and O–H groups in total. The molecule has 17 heavy (non-hydrogen) atoms. The summed E-state index contributed by atoms with van der Waals surface area (Å²) in [6, 6.07) is 10.3. The van der Waals surface area contributed by atoms with Crippen LogP contribution in [0.2, 0.25) is 0 Å². The van der Waals surface area contributed by atoms with E-state index in [0.29, 0.717) is 6.42 Å². The lowest BCUT2D eigenvalue weighted by Gasteiger charge is -2.43. The molecule has 1 aliphatic carbocycles. The molecule has 2 rings (SSSR count). The molecule has 1 saturated carbocycles. The van der Waals surface area contributed by atoms with Crippen LogP contribution >= 0.6 is 0 Å². The van der Waals surface area contributed by atoms with Gasteiger partial charge in [-0.25, -0.2) is 0 Å². The lowest BCUT2D eigenvalue weighted by atomic mass is 9.71. The maximum atomic E-state index is 11.8. The third kappa shape index (κ3) is 2.67. The molecular weight excluding hydrogens is 212 g/mol. The Balaban J connectivity index is 2.03. The maximum absolute atomic E-state index is 11.8. The summed E-state index contributed by atoms with van der Waals surface area (Å²) in [6.07, 6.45) is 3.86. The predicted molar refractivity (Wildman–Crippen MR) is 68.7 cm³/mol. The van der Waals surface area contributed by atoms with Gasteiger partial charge < -0.3 is 10.6 Å². The largest absolute Gasteiger partial charge is 0.347 e. The summed E-state index contributed by atoms with van der Waals surface area (Å²) < 4.78 is 0. The topological polar surface area (TPSA) is 41.1 Å². The van der Waals surface area contributed by atoms with Crippen molar-refractivity contribution in [1.82, 2.24) is 10.6 Å². The van der Waals surface area contributed by atoms with Crippen molar-refractivity contribution < 1.29 is 4.79 Å². The van der Waals surface area contributed by atoms with Gasteiger partial charge in [-0.3, -0.25) is 4.79 Å². The highest BCUT2D eigenvalue weighted by Crippen LogP contribution is 2.41. The summed E-state index contributed by atoms with van der Waals surface area (Å²) in [5, 5.41) is 6.20. The van der Waals surface area contributed by atoms with Crippen LogP contribution in [0.1, 0.15) is 31.2 Å². The summed E-state index contributed by atoms with van der Waals surface area (Å²) in [5.41, 5.74) is 1.15. The van der Waals surface area contributed by atoms with Crippen molar-refractivity contribution in [1.29, 1.82) is 0 Å². The van der Waals surface area contributed by atoms with E-state index in [1.807, 2.05) is 25.2 Å². The second-order valence-corrected chi connectivity index (χ2v) is 4.70. The minimum Gasteiger partial charge on any atom is -0.347 e. The molecule has 1 fully saturated rings. The summed E-state index contributed by atoms with van der Waals surface area (Å²) in [5.74, 6) is 0.142. The van der Waals surface area contributed by atoms with Gasteiger partial charge in [0.2, 0.25) is 5.91 Å². The Morgan fingerprint density at radius 2 is 2.00 bits per heavy atom. The fourth-order valence-electron chi connectivity index (χ4n) is 2.34. The Bertz CT molecular complexity index is 371. The van der Waals surface area contributed by atoms with Crippen LogP contribution in [0.3, 0.4) is 0 Å². The second-order valence-electron chi connectivity index (χ2n) is 4.70. The SMILES string of the molecule is CNCCC(=O)NC1(c2ccccc2)CCC1. The molecule has 92 valence electrons. The first-order valence-corrected chi connectivity index (χ1v) is 6.28. The van der Waals surface area contributed by atoms with Gasteiger partial charge >= 0.3 is 0 Å². The molecule has 0 aliphatic heterocycles. The highest BCUT2D eigenvalue weighted by molar-refractivity contribution is 5.77. The number of benzene rings is 1. The normalized spacial score (nSPS) is 17.2. The van der Waals surface area contributed by atoms with Crippen molar-refractivity contribution in [2.75, 3.05) is 13.6 Å². The third-order valence-corrected chi connectivity index (χ3v) is 3.51. The minimum absolute atomic E-state index is 0.0912. The molecule has 0 radical (unpaired) electrons.